The molecule has 0 unspecified atom stereocenters. The highest BCUT2D eigenvalue weighted by Crippen LogP contribution is 2.40. The number of nitrogens with zero attached hydrogens (tertiary/aromatic N) is 3. The summed E-state index contributed by atoms with van der Waals surface area (Å²) in [5, 5.41) is 0.841. The Morgan fingerprint density at radius 1 is 1.19 bits per heavy atom. The molecule has 1 saturated carbocycles. The lowest BCUT2D eigenvalue weighted by atomic mass is 9.81. The lowest BCUT2D eigenvalue weighted by molar-refractivity contribution is -0.134. The molecule has 0 aromatic carbocycles. The summed E-state index contributed by atoms with van der Waals surface area (Å²) < 4.78 is 0. The van der Waals surface area contributed by atoms with Gasteiger partial charge in [-0.25, -0.2) is 9.78 Å². The summed E-state index contributed by atoms with van der Waals surface area (Å²) in [7, 11) is 1.77. The standard InChI is InChI=1S/C15H21N3O2S/c1-10-11(2)21-12(16-10)9-18-13(19)15(17(3)14(18)20)7-5-4-6-8-15/h4-9H2,1-3H3. The summed E-state index contributed by atoms with van der Waals surface area (Å²) in [4.78, 5) is 34.0. The summed E-state index contributed by atoms with van der Waals surface area (Å²) in [5.41, 5.74) is 0.395. The molecule has 1 aromatic rings. The van der Waals surface area contributed by atoms with E-state index < -0.39 is 5.54 Å². The Bertz CT molecular complexity index is 570. The van der Waals surface area contributed by atoms with E-state index in [2.05, 4.69) is 4.98 Å². The highest BCUT2D eigenvalue weighted by molar-refractivity contribution is 7.11. The fourth-order valence-corrected chi connectivity index (χ4v) is 4.34. The van der Waals surface area contributed by atoms with Crippen LogP contribution in [-0.4, -0.2) is 39.3 Å². The van der Waals surface area contributed by atoms with Crippen LogP contribution in [0.15, 0.2) is 0 Å². The third-order valence-corrected chi connectivity index (χ3v) is 5.91. The first-order valence-corrected chi connectivity index (χ1v) is 8.30. The van der Waals surface area contributed by atoms with Crippen molar-refractivity contribution in [2.75, 3.05) is 7.05 Å². The van der Waals surface area contributed by atoms with Gasteiger partial charge in [-0.1, -0.05) is 19.3 Å². The van der Waals surface area contributed by atoms with Crippen LogP contribution < -0.4 is 0 Å². The van der Waals surface area contributed by atoms with Crippen LogP contribution >= 0.6 is 11.3 Å². The number of hydrogen-bond acceptors (Lipinski definition) is 4. The number of carbonyl (C=O) groups is 2. The van der Waals surface area contributed by atoms with Gasteiger partial charge >= 0.3 is 6.03 Å². The molecule has 0 radical (unpaired) electrons. The zero-order valence-corrected chi connectivity index (χ0v) is 13.6. The summed E-state index contributed by atoms with van der Waals surface area (Å²) in [6, 6.07) is -0.174. The topological polar surface area (TPSA) is 53.5 Å². The Hall–Kier alpha value is -1.43. The lowest BCUT2D eigenvalue weighted by Crippen LogP contribution is -2.49. The van der Waals surface area contributed by atoms with Gasteiger partial charge in [0.1, 0.15) is 10.5 Å². The van der Waals surface area contributed by atoms with Crippen LogP contribution in [0.25, 0.3) is 0 Å². The van der Waals surface area contributed by atoms with E-state index >= 15 is 0 Å². The van der Waals surface area contributed by atoms with E-state index in [1.54, 1.807) is 23.3 Å². The Balaban J connectivity index is 1.86. The molecule has 6 heteroatoms. The molecule has 1 aliphatic heterocycles. The largest absolute Gasteiger partial charge is 0.327 e. The predicted molar refractivity (Wildman–Crippen MR) is 81.1 cm³/mol. The normalized spacial score (nSPS) is 21.7. The van der Waals surface area contributed by atoms with Crippen molar-refractivity contribution in [3.8, 4) is 0 Å². The maximum absolute atomic E-state index is 12.8. The fourth-order valence-electron chi connectivity index (χ4n) is 3.41. The second kappa shape index (κ2) is 5.09. The summed E-state index contributed by atoms with van der Waals surface area (Å²) in [6.07, 6.45) is 4.78. The van der Waals surface area contributed by atoms with Gasteiger partial charge in [0.25, 0.3) is 5.91 Å². The molecule has 1 aliphatic carbocycles. The molecule has 114 valence electrons. The van der Waals surface area contributed by atoms with E-state index in [0.29, 0.717) is 6.54 Å². The van der Waals surface area contributed by atoms with Crippen molar-refractivity contribution >= 4 is 23.3 Å². The number of rotatable bonds is 2. The minimum absolute atomic E-state index is 0.0276. The molecule has 1 spiro atoms. The molecule has 21 heavy (non-hydrogen) atoms. The van der Waals surface area contributed by atoms with E-state index in [1.165, 1.54) is 4.90 Å². The van der Waals surface area contributed by atoms with Gasteiger partial charge in [-0.2, -0.15) is 0 Å². The number of imide groups is 1. The maximum atomic E-state index is 12.8. The number of amides is 3. The minimum Gasteiger partial charge on any atom is -0.313 e. The van der Waals surface area contributed by atoms with Crippen LogP contribution in [0.4, 0.5) is 4.79 Å². The van der Waals surface area contributed by atoms with Crippen molar-refractivity contribution in [2.45, 2.75) is 58.0 Å². The van der Waals surface area contributed by atoms with Crippen molar-refractivity contribution in [3.63, 3.8) is 0 Å². The van der Waals surface area contributed by atoms with Gasteiger partial charge in [-0.3, -0.25) is 9.69 Å². The predicted octanol–water partition coefficient (Wildman–Crippen LogP) is 2.86. The van der Waals surface area contributed by atoms with Gasteiger partial charge in [0.05, 0.1) is 12.2 Å². The first-order valence-electron chi connectivity index (χ1n) is 7.48. The molecular weight excluding hydrogens is 286 g/mol. The zero-order valence-electron chi connectivity index (χ0n) is 12.8. The summed E-state index contributed by atoms with van der Waals surface area (Å²) in [5.74, 6) is -0.0276. The molecular formula is C15H21N3O2S. The molecule has 3 amide bonds. The first kappa shape index (κ1) is 14.5. The van der Waals surface area contributed by atoms with Crippen LogP contribution in [0, 0.1) is 13.8 Å². The van der Waals surface area contributed by atoms with Crippen LogP contribution in [0.1, 0.15) is 47.7 Å². The van der Waals surface area contributed by atoms with Crippen LogP contribution in [0.2, 0.25) is 0 Å². The van der Waals surface area contributed by atoms with Crippen molar-refractivity contribution in [2.24, 2.45) is 0 Å². The third-order valence-electron chi connectivity index (χ3n) is 4.85. The highest BCUT2D eigenvalue weighted by atomic mass is 32.1. The molecule has 0 N–H and O–H groups in total. The number of likely N-dealkylation sites (N-methyl/N-ethyl adjacent to an activating group) is 1. The molecule has 0 atom stereocenters. The quantitative estimate of drug-likeness (QED) is 0.789. The Labute approximate surface area is 129 Å². The molecule has 1 saturated heterocycles. The van der Waals surface area contributed by atoms with Crippen molar-refractivity contribution in [1.29, 1.82) is 0 Å². The van der Waals surface area contributed by atoms with Gasteiger partial charge in [0, 0.05) is 11.9 Å². The average molecular weight is 307 g/mol. The van der Waals surface area contributed by atoms with Crippen molar-refractivity contribution in [3.05, 3.63) is 15.6 Å². The van der Waals surface area contributed by atoms with Gasteiger partial charge in [0.15, 0.2) is 0 Å². The molecule has 5 nitrogen and oxygen atoms in total. The third kappa shape index (κ3) is 2.16. The van der Waals surface area contributed by atoms with Crippen LogP contribution in [-0.2, 0) is 11.3 Å². The molecule has 2 fully saturated rings. The Kier molecular flexibility index (Phi) is 3.51. The maximum Gasteiger partial charge on any atom is 0.327 e. The second-order valence-corrected chi connectivity index (χ2v) is 7.36. The summed E-state index contributed by atoms with van der Waals surface area (Å²) >= 11 is 1.57. The number of urea groups is 1. The first-order chi connectivity index (χ1) is 9.95. The summed E-state index contributed by atoms with van der Waals surface area (Å²) in [6.45, 7) is 4.28. The average Bonchev–Trinajstić information content (AvgIpc) is 2.88. The zero-order chi connectivity index (χ0) is 15.2. The monoisotopic (exact) mass is 307 g/mol. The number of aryl methyl sites for hydroxylation is 2. The van der Waals surface area contributed by atoms with E-state index in [1.807, 2.05) is 13.8 Å². The number of hydrogen-bond donors (Lipinski definition) is 0. The van der Waals surface area contributed by atoms with E-state index in [0.717, 1.165) is 47.7 Å². The SMILES string of the molecule is Cc1nc(CN2C(=O)N(C)C3(CCCCC3)C2=O)sc1C. The molecule has 0 bridgehead atoms. The van der Waals surface area contributed by atoms with Gasteiger partial charge < -0.3 is 4.90 Å². The van der Waals surface area contributed by atoms with E-state index in [9.17, 15) is 9.59 Å². The van der Waals surface area contributed by atoms with Crippen LogP contribution in [0.3, 0.4) is 0 Å². The lowest BCUT2D eigenvalue weighted by Gasteiger charge is -2.35. The fraction of sp³-hybridized carbons (Fsp3) is 0.667. The van der Waals surface area contributed by atoms with Crippen molar-refractivity contribution < 1.29 is 9.59 Å². The van der Waals surface area contributed by atoms with Gasteiger partial charge in [0.2, 0.25) is 0 Å². The molecule has 2 aliphatic rings. The molecule has 3 rings (SSSR count). The van der Waals surface area contributed by atoms with Gasteiger partial charge in [-0.05, 0) is 26.7 Å². The Morgan fingerprint density at radius 3 is 2.43 bits per heavy atom. The Morgan fingerprint density at radius 2 is 1.86 bits per heavy atom. The minimum atomic E-state index is -0.587. The van der Waals surface area contributed by atoms with Crippen LogP contribution in [0.5, 0.6) is 0 Å². The van der Waals surface area contributed by atoms with E-state index in [4.69, 9.17) is 0 Å². The number of thiazole rings is 1. The van der Waals surface area contributed by atoms with Crippen molar-refractivity contribution in [1.82, 2.24) is 14.8 Å². The molecule has 1 aromatic heterocycles. The number of aromatic nitrogens is 1. The smallest absolute Gasteiger partial charge is 0.313 e. The van der Waals surface area contributed by atoms with Gasteiger partial charge in [-0.15, -0.1) is 11.3 Å². The highest BCUT2D eigenvalue weighted by Gasteiger charge is 2.55. The second-order valence-electron chi connectivity index (χ2n) is 6.07. The van der Waals surface area contributed by atoms with E-state index in [-0.39, 0.29) is 11.9 Å². The molecule has 2 heterocycles. The number of carbonyl (C=O) groups excluding carboxylic acids is 2.